The summed E-state index contributed by atoms with van der Waals surface area (Å²) < 4.78 is 64.1. The summed E-state index contributed by atoms with van der Waals surface area (Å²) >= 11 is 0. The number of aromatic nitrogens is 4. The highest BCUT2D eigenvalue weighted by atomic mass is 32.2. The van der Waals surface area contributed by atoms with Crippen molar-refractivity contribution >= 4 is 32.7 Å². The van der Waals surface area contributed by atoms with Gasteiger partial charge in [0.2, 0.25) is 0 Å². The van der Waals surface area contributed by atoms with Crippen LogP contribution in [0.1, 0.15) is 5.56 Å². The van der Waals surface area contributed by atoms with Crippen LogP contribution in [0.3, 0.4) is 0 Å². The molecule has 0 fully saturated rings. The first-order valence-corrected chi connectivity index (χ1v) is 6.59. The van der Waals surface area contributed by atoms with Crippen molar-refractivity contribution in [1.29, 1.82) is 0 Å². The molecule has 0 bridgehead atoms. The number of benzene rings is 1. The molecule has 1 N–H and O–H groups in total. The topological polar surface area (TPSA) is 110 Å². The molecule has 2 aromatic heterocycles. The molecule has 0 unspecified atom stereocenters. The van der Waals surface area contributed by atoms with E-state index in [1.54, 1.807) is 0 Å². The lowest BCUT2D eigenvalue weighted by Gasteiger charge is -2.10. The summed E-state index contributed by atoms with van der Waals surface area (Å²) in [6, 6.07) is 1.44. The number of nitrogens with one attached hydrogen (secondary N) is 1. The highest BCUT2D eigenvalue weighted by Crippen LogP contribution is 2.38. The van der Waals surface area contributed by atoms with Crippen LogP contribution in [0.25, 0.3) is 16.6 Å². The van der Waals surface area contributed by atoms with Gasteiger partial charge in [-0.15, -0.1) is 4.36 Å². The van der Waals surface area contributed by atoms with E-state index >= 15 is 0 Å². The summed E-state index contributed by atoms with van der Waals surface area (Å²) in [4.78, 5) is 19.0. The van der Waals surface area contributed by atoms with E-state index in [4.69, 9.17) is 0 Å². The third-order valence-corrected chi connectivity index (χ3v) is 3.17. The molecule has 114 valence electrons. The summed E-state index contributed by atoms with van der Waals surface area (Å²) in [7, 11) is -3.09. The minimum Gasteiger partial charge on any atom is -0.278 e. The second-order valence-electron chi connectivity index (χ2n) is 4.13. The van der Waals surface area contributed by atoms with E-state index in [0.717, 1.165) is 16.9 Å². The molecular weight excluding hydrogens is 327 g/mol. The smallest absolute Gasteiger partial charge is 0.278 e. The number of hydrogen-bond acceptors (Lipinski definition) is 6. The molecule has 0 spiro atoms. The van der Waals surface area contributed by atoms with Crippen LogP contribution in [-0.4, -0.2) is 28.0 Å². The quantitative estimate of drug-likeness (QED) is 0.722. The first kappa shape index (κ1) is 14.2. The summed E-state index contributed by atoms with van der Waals surface area (Å²) in [6.45, 7) is 0. The second-order valence-corrected chi connectivity index (χ2v) is 4.75. The van der Waals surface area contributed by atoms with E-state index in [1.807, 2.05) is 0 Å². The van der Waals surface area contributed by atoms with Crippen molar-refractivity contribution in [2.75, 3.05) is 0 Å². The predicted molar refractivity (Wildman–Crippen MR) is 67.1 cm³/mol. The minimum absolute atomic E-state index is 0.0599. The number of alkyl halides is 3. The highest BCUT2D eigenvalue weighted by molar-refractivity contribution is 7.61. The molecule has 0 atom stereocenters. The van der Waals surface area contributed by atoms with Crippen molar-refractivity contribution in [1.82, 2.24) is 19.6 Å². The van der Waals surface area contributed by atoms with E-state index in [1.165, 1.54) is 0 Å². The van der Waals surface area contributed by atoms with E-state index in [9.17, 15) is 26.4 Å². The van der Waals surface area contributed by atoms with E-state index in [-0.39, 0.29) is 16.6 Å². The molecular formula is C10H4F3N5O3S. The first-order chi connectivity index (χ1) is 10.3. The molecule has 1 aromatic carbocycles. The molecule has 0 radical (unpaired) electrons. The lowest BCUT2D eigenvalue weighted by atomic mass is 10.1. The van der Waals surface area contributed by atoms with Crippen molar-refractivity contribution in [3.05, 3.63) is 34.5 Å². The Kier molecular flexibility index (Phi) is 2.98. The van der Waals surface area contributed by atoms with Gasteiger partial charge in [0.05, 0.1) is 16.8 Å². The van der Waals surface area contributed by atoms with Crippen molar-refractivity contribution in [3.8, 4) is 0 Å². The van der Waals surface area contributed by atoms with Gasteiger partial charge < -0.3 is 0 Å². The molecule has 2 heterocycles. The normalized spacial score (nSPS) is 12.0. The average Bonchev–Trinajstić information content (AvgIpc) is 2.86. The van der Waals surface area contributed by atoms with Crippen LogP contribution in [0.4, 0.5) is 18.9 Å². The summed E-state index contributed by atoms with van der Waals surface area (Å²) in [5.41, 5.74) is -3.12. The first-order valence-electron chi connectivity index (χ1n) is 5.55. The Bertz CT molecular complexity index is 1090. The van der Waals surface area contributed by atoms with Gasteiger partial charge in [-0.3, -0.25) is 5.10 Å². The zero-order valence-electron chi connectivity index (χ0n) is 10.3. The maximum Gasteiger partial charge on any atom is 0.418 e. The average molecular weight is 331 g/mol. The van der Waals surface area contributed by atoms with Crippen LogP contribution in [0.5, 0.6) is 0 Å². The lowest BCUT2D eigenvalue weighted by molar-refractivity contribution is -0.136. The third-order valence-electron chi connectivity index (χ3n) is 2.83. The van der Waals surface area contributed by atoms with E-state index in [2.05, 4.69) is 19.4 Å². The minimum atomic E-state index is -4.84. The fourth-order valence-electron chi connectivity index (χ4n) is 1.99. The zero-order valence-corrected chi connectivity index (χ0v) is 11.1. The highest BCUT2D eigenvalue weighted by Gasteiger charge is 2.34. The van der Waals surface area contributed by atoms with Crippen molar-refractivity contribution in [3.63, 3.8) is 0 Å². The molecule has 0 aliphatic rings. The number of nitrogens with zero attached hydrogens (tertiary/aromatic N) is 4. The van der Waals surface area contributed by atoms with Gasteiger partial charge in [0.15, 0.2) is 5.65 Å². The number of fused-ring (bicyclic) bond motifs is 3. The SMILES string of the molecule is O=c1nc2cc(N=S(=O)=O)c(C(F)(F)F)cc2c2nc[nH]n12. The van der Waals surface area contributed by atoms with Gasteiger partial charge >= 0.3 is 22.4 Å². The van der Waals surface area contributed by atoms with Crippen molar-refractivity contribution in [2.24, 2.45) is 4.36 Å². The Hall–Kier alpha value is -2.76. The fourth-order valence-corrected chi connectivity index (χ4v) is 2.30. The molecule has 0 saturated carbocycles. The lowest BCUT2D eigenvalue weighted by Crippen LogP contribution is -2.17. The zero-order chi connectivity index (χ0) is 16.1. The molecule has 8 nitrogen and oxygen atoms in total. The third kappa shape index (κ3) is 2.22. The molecule has 0 aliphatic carbocycles. The fraction of sp³-hybridized carbons (Fsp3) is 0.100. The monoisotopic (exact) mass is 331 g/mol. The number of aromatic amines is 1. The van der Waals surface area contributed by atoms with Gasteiger partial charge in [-0.2, -0.15) is 31.1 Å². The van der Waals surface area contributed by atoms with Gasteiger partial charge in [0.1, 0.15) is 6.33 Å². The Balaban J connectivity index is 2.53. The van der Waals surface area contributed by atoms with Crippen LogP contribution >= 0.6 is 0 Å². The summed E-state index contributed by atoms with van der Waals surface area (Å²) in [6.07, 6.45) is -3.72. The number of rotatable bonds is 1. The van der Waals surface area contributed by atoms with Crippen LogP contribution in [0, 0.1) is 0 Å². The van der Waals surface area contributed by atoms with Gasteiger partial charge in [0.25, 0.3) is 0 Å². The van der Waals surface area contributed by atoms with Crippen LogP contribution in [-0.2, 0) is 16.7 Å². The molecule has 0 amide bonds. The van der Waals surface area contributed by atoms with E-state index in [0.29, 0.717) is 6.07 Å². The van der Waals surface area contributed by atoms with Crippen LogP contribution < -0.4 is 5.69 Å². The van der Waals surface area contributed by atoms with Crippen molar-refractivity contribution in [2.45, 2.75) is 6.18 Å². The largest absolute Gasteiger partial charge is 0.418 e. The molecule has 0 aliphatic heterocycles. The molecule has 3 aromatic rings. The Morgan fingerprint density at radius 3 is 2.64 bits per heavy atom. The van der Waals surface area contributed by atoms with Crippen LogP contribution in [0.15, 0.2) is 27.6 Å². The maximum atomic E-state index is 13.1. The number of hydrogen-bond donors (Lipinski definition) is 1. The molecule has 12 heteroatoms. The number of halogens is 3. The Morgan fingerprint density at radius 1 is 1.27 bits per heavy atom. The summed E-state index contributed by atoms with van der Waals surface area (Å²) in [5.74, 6) is 0. The van der Waals surface area contributed by atoms with Crippen LogP contribution in [0.2, 0.25) is 0 Å². The Labute approximate surface area is 119 Å². The Morgan fingerprint density at radius 2 is 2.00 bits per heavy atom. The maximum absolute atomic E-state index is 13.1. The second kappa shape index (κ2) is 4.62. The number of H-pyrrole nitrogens is 1. The van der Waals surface area contributed by atoms with Gasteiger partial charge in [-0.05, 0) is 12.1 Å². The van der Waals surface area contributed by atoms with Gasteiger partial charge in [0, 0.05) is 5.39 Å². The predicted octanol–water partition coefficient (Wildman–Crippen LogP) is 1.28. The van der Waals surface area contributed by atoms with Crippen molar-refractivity contribution < 1.29 is 21.6 Å². The van der Waals surface area contributed by atoms with Gasteiger partial charge in [-0.1, -0.05) is 0 Å². The standard InChI is InChI=1S/C10H4F3N5O3S/c11-10(12,13)5-1-4-6(2-7(5)17-22(20)21)16-9(19)18-8(4)14-3-15-18/h1-3H,(H,14,15). The molecule has 3 rings (SSSR count). The van der Waals surface area contributed by atoms with E-state index < -0.39 is 33.6 Å². The van der Waals surface area contributed by atoms with Gasteiger partial charge in [-0.25, -0.2) is 9.78 Å². The molecule has 22 heavy (non-hydrogen) atoms. The molecule has 0 saturated heterocycles. The summed E-state index contributed by atoms with van der Waals surface area (Å²) in [5, 5.41) is 2.35.